The summed E-state index contributed by atoms with van der Waals surface area (Å²) in [5.41, 5.74) is 2.96. The van der Waals surface area contributed by atoms with Gasteiger partial charge in [0.2, 0.25) is 5.91 Å². The lowest BCUT2D eigenvalue weighted by Gasteiger charge is -2.03. The molecular formula is C20H19ClN4O3S. The first-order valence-electron chi connectivity index (χ1n) is 8.70. The lowest BCUT2D eigenvalue weighted by Crippen LogP contribution is -2.07. The van der Waals surface area contributed by atoms with Crippen molar-refractivity contribution in [2.75, 3.05) is 12.4 Å². The van der Waals surface area contributed by atoms with Crippen molar-refractivity contribution < 1.29 is 14.3 Å². The van der Waals surface area contributed by atoms with Crippen LogP contribution in [0.2, 0.25) is 5.15 Å². The number of aromatic nitrogens is 3. The van der Waals surface area contributed by atoms with E-state index in [1.54, 1.807) is 17.7 Å². The molecule has 0 aliphatic rings. The van der Waals surface area contributed by atoms with Gasteiger partial charge < -0.3 is 4.74 Å². The molecule has 0 saturated heterocycles. The fourth-order valence-corrected chi connectivity index (χ4v) is 3.84. The Labute approximate surface area is 177 Å². The molecule has 2 aromatic heterocycles. The van der Waals surface area contributed by atoms with Crippen LogP contribution in [0.3, 0.4) is 0 Å². The van der Waals surface area contributed by atoms with Crippen molar-refractivity contribution in [1.29, 1.82) is 0 Å². The summed E-state index contributed by atoms with van der Waals surface area (Å²) in [4.78, 5) is 28.4. The number of hydrogen-bond acceptors (Lipinski definition) is 6. The maximum absolute atomic E-state index is 12.2. The van der Waals surface area contributed by atoms with E-state index in [0.29, 0.717) is 38.7 Å². The largest absolute Gasteiger partial charge is 0.465 e. The van der Waals surface area contributed by atoms with Gasteiger partial charge in [-0.2, -0.15) is 5.10 Å². The number of halogens is 1. The van der Waals surface area contributed by atoms with Crippen molar-refractivity contribution in [2.45, 2.75) is 20.4 Å². The number of benzene rings is 1. The molecule has 0 fully saturated rings. The molecule has 1 amide bonds. The standard InChI is InChI=1S/C20H19ClN4O3S/c1-12-15(18(21)25(24-12)11-14-7-5-4-6-8-14)9-10-16(26)23-20-22-13(2)17(29-20)19(27)28-3/h4-10H,11H2,1-3H3,(H,22,23,26)/b10-9+. The number of aryl methyl sites for hydroxylation is 2. The molecular weight excluding hydrogens is 412 g/mol. The average Bonchev–Trinajstić information content (AvgIpc) is 3.19. The van der Waals surface area contributed by atoms with Crippen LogP contribution in [-0.4, -0.2) is 33.8 Å². The number of ether oxygens (including phenoxy) is 1. The van der Waals surface area contributed by atoms with Crippen molar-refractivity contribution in [3.8, 4) is 0 Å². The quantitative estimate of drug-likeness (QED) is 0.470. The number of rotatable bonds is 6. The lowest BCUT2D eigenvalue weighted by atomic mass is 10.2. The highest BCUT2D eigenvalue weighted by molar-refractivity contribution is 7.17. The van der Waals surface area contributed by atoms with Crippen LogP contribution >= 0.6 is 22.9 Å². The Balaban J connectivity index is 1.71. The van der Waals surface area contributed by atoms with Gasteiger partial charge in [0, 0.05) is 11.6 Å². The van der Waals surface area contributed by atoms with Gasteiger partial charge in [-0.3, -0.25) is 10.1 Å². The average molecular weight is 431 g/mol. The monoisotopic (exact) mass is 430 g/mol. The molecule has 0 spiro atoms. The maximum atomic E-state index is 12.2. The van der Waals surface area contributed by atoms with E-state index >= 15 is 0 Å². The van der Waals surface area contributed by atoms with Crippen molar-refractivity contribution in [3.05, 3.63) is 69.0 Å². The number of methoxy groups -OCH3 is 1. The summed E-state index contributed by atoms with van der Waals surface area (Å²) in [5.74, 6) is -0.870. The molecule has 7 nitrogen and oxygen atoms in total. The summed E-state index contributed by atoms with van der Waals surface area (Å²) in [6.07, 6.45) is 2.97. The fraction of sp³-hybridized carbons (Fsp3) is 0.200. The van der Waals surface area contributed by atoms with Gasteiger partial charge in [0.25, 0.3) is 0 Å². The van der Waals surface area contributed by atoms with Gasteiger partial charge in [0.1, 0.15) is 10.0 Å². The van der Waals surface area contributed by atoms with Crippen molar-refractivity contribution in [2.24, 2.45) is 0 Å². The SMILES string of the molecule is COC(=O)c1sc(NC(=O)/C=C/c2c(C)nn(Cc3ccccc3)c2Cl)nc1C. The highest BCUT2D eigenvalue weighted by atomic mass is 35.5. The van der Waals surface area contributed by atoms with E-state index in [1.165, 1.54) is 13.2 Å². The molecule has 0 radical (unpaired) electrons. The van der Waals surface area contributed by atoms with E-state index in [2.05, 4.69) is 15.4 Å². The Morgan fingerprint density at radius 2 is 1.97 bits per heavy atom. The second-order valence-electron chi connectivity index (χ2n) is 6.18. The van der Waals surface area contributed by atoms with Crippen LogP contribution < -0.4 is 5.32 Å². The van der Waals surface area contributed by atoms with Crippen molar-refractivity contribution >= 4 is 46.0 Å². The van der Waals surface area contributed by atoms with Crippen LogP contribution in [0.15, 0.2) is 36.4 Å². The number of nitrogens with one attached hydrogen (secondary N) is 1. The van der Waals surface area contributed by atoms with Gasteiger partial charge in [-0.05, 0) is 25.5 Å². The Morgan fingerprint density at radius 1 is 1.24 bits per heavy atom. The van der Waals surface area contributed by atoms with Crippen LogP contribution in [0.1, 0.15) is 32.2 Å². The van der Waals surface area contributed by atoms with Crippen LogP contribution in [0.4, 0.5) is 5.13 Å². The molecule has 9 heteroatoms. The van der Waals surface area contributed by atoms with E-state index in [9.17, 15) is 9.59 Å². The molecule has 0 aliphatic carbocycles. The van der Waals surface area contributed by atoms with Gasteiger partial charge in [0.05, 0.1) is 25.0 Å². The molecule has 0 bridgehead atoms. The van der Waals surface area contributed by atoms with Crippen molar-refractivity contribution in [3.63, 3.8) is 0 Å². The normalized spacial score (nSPS) is 11.0. The van der Waals surface area contributed by atoms with Gasteiger partial charge >= 0.3 is 5.97 Å². The number of hydrogen-bond donors (Lipinski definition) is 1. The number of carbonyl (C=O) groups excluding carboxylic acids is 2. The predicted octanol–water partition coefficient (Wildman–Crippen LogP) is 4.10. The van der Waals surface area contributed by atoms with Crippen LogP contribution in [0, 0.1) is 13.8 Å². The zero-order valence-electron chi connectivity index (χ0n) is 16.1. The Morgan fingerprint density at radius 3 is 2.66 bits per heavy atom. The summed E-state index contributed by atoms with van der Waals surface area (Å²) in [7, 11) is 1.30. The third-order valence-corrected chi connectivity index (χ3v) is 5.54. The van der Waals surface area contributed by atoms with E-state index in [4.69, 9.17) is 16.3 Å². The summed E-state index contributed by atoms with van der Waals surface area (Å²) < 4.78 is 6.38. The first-order valence-corrected chi connectivity index (χ1v) is 9.90. The minimum atomic E-state index is -0.482. The third-order valence-electron chi connectivity index (χ3n) is 4.08. The number of thiazole rings is 1. The zero-order chi connectivity index (χ0) is 21.0. The molecule has 0 unspecified atom stereocenters. The third kappa shape index (κ3) is 4.90. The first kappa shape index (κ1) is 20.8. The number of carbonyl (C=O) groups is 2. The van der Waals surface area contributed by atoms with E-state index in [1.807, 2.05) is 37.3 Å². The van der Waals surface area contributed by atoms with Crippen molar-refractivity contribution in [1.82, 2.24) is 14.8 Å². The van der Waals surface area contributed by atoms with Crippen LogP contribution in [-0.2, 0) is 16.1 Å². The molecule has 29 heavy (non-hydrogen) atoms. The molecule has 2 heterocycles. The molecule has 150 valence electrons. The molecule has 3 rings (SSSR count). The maximum Gasteiger partial charge on any atom is 0.350 e. The summed E-state index contributed by atoms with van der Waals surface area (Å²) in [6, 6.07) is 9.85. The first-order chi connectivity index (χ1) is 13.9. The smallest absolute Gasteiger partial charge is 0.350 e. The topological polar surface area (TPSA) is 86.1 Å². The molecule has 0 saturated carbocycles. The van der Waals surface area contributed by atoms with E-state index in [-0.39, 0.29) is 5.91 Å². The number of amides is 1. The minimum absolute atomic E-state index is 0.320. The van der Waals surface area contributed by atoms with E-state index < -0.39 is 5.97 Å². The van der Waals surface area contributed by atoms with E-state index in [0.717, 1.165) is 16.9 Å². The number of esters is 1. The fourth-order valence-electron chi connectivity index (χ4n) is 2.66. The number of nitrogens with zero attached hydrogens (tertiary/aromatic N) is 3. The summed E-state index contributed by atoms with van der Waals surface area (Å²) in [5, 5.41) is 7.86. The minimum Gasteiger partial charge on any atom is -0.465 e. The molecule has 0 atom stereocenters. The van der Waals surface area contributed by atoms with Gasteiger partial charge in [-0.1, -0.05) is 53.3 Å². The predicted molar refractivity (Wildman–Crippen MR) is 113 cm³/mol. The molecule has 0 aliphatic heterocycles. The summed E-state index contributed by atoms with van der Waals surface area (Å²) in [6.45, 7) is 4.05. The van der Waals surface area contributed by atoms with Gasteiger partial charge in [0.15, 0.2) is 5.13 Å². The molecule has 1 N–H and O–H groups in total. The van der Waals surface area contributed by atoms with Crippen LogP contribution in [0.25, 0.3) is 6.08 Å². The number of anilines is 1. The highest BCUT2D eigenvalue weighted by Crippen LogP contribution is 2.24. The zero-order valence-corrected chi connectivity index (χ0v) is 17.7. The van der Waals surface area contributed by atoms with Crippen LogP contribution in [0.5, 0.6) is 0 Å². The Hall–Kier alpha value is -2.97. The van der Waals surface area contributed by atoms with Gasteiger partial charge in [-0.25, -0.2) is 14.5 Å². The molecule has 1 aromatic carbocycles. The lowest BCUT2D eigenvalue weighted by molar-refractivity contribution is -0.111. The highest BCUT2D eigenvalue weighted by Gasteiger charge is 2.17. The summed E-state index contributed by atoms with van der Waals surface area (Å²) >= 11 is 7.51. The Bertz CT molecular complexity index is 1070. The second-order valence-corrected chi connectivity index (χ2v) is 7.54. The van der Waals surface area contributed by atoms with Gasteiger partial charge in [-0.15, -0.1) is 0 Å². The Kier molecular flexibility index (Phi) is 6.46. The second kappa shape index (κ2) is 9.02. The molecule has 3 aromatic rings.